The number of halogens is 1. The topological polar surface area (TPSA) is 84.6 Å². The summed E-state index contributed by atoms with van der Waals surface area (Å²) in [7, 11) is 3.39. The second-order valence-corrected chi connectivity index (χ2v) is 4.44. The standard InChI is InChI=1S/C11H16FN5O2/c1-16(2)10-7(12)5-14-11(15-10)17-3-4-19-8(6-17)9(13)18/h5,8H,3-4,6H2,1-2H3,(H2,13,18). The van der Waals surface area contributed by atoms with E-state index in [1.807, 2.05) is 0 Å². The van der Waals surface area contributed by atoms with Gasteiger partial charge in [-0.25, -0.2) is 9.37 Å². The van der Waals surface area contributed by atoms with Crippen molar-refractivity contribution in [3.8, 4) is 0 Å². The van der Waals surface area contributed by atoms with Crippen LogP contribution >= 0.6 is 0 Å². The largest absolute Gasteiger partial charge is 0.367 e. The van der Waals surface area contributed by atoms with Gasteiger partial charge in [-0.15, -0.1) is 0 Å². The second kappa shape index (κ2) is 5.35. The summed E-state index contributed by atoms with van der Waals surface area (Å²) in [6.45, 7) is 1.15. The molecule has 1 saturated heterocycles. The highest BCUT2D eigenvalue weighted by molar-refractivity contribution is 5.79. The Kier molecular flexibility index (Phi) is 3.79. The molecule has 1 aliphatic rings. The first-order valence-electron chi connectivity index (χ1n) is 5.84. The molecule has 0 aliphatic carbocycles. The predicted molar refractivity (Wildman–Crippen MR) is 67.5 cm³/mol. The lowest BCUT2D eigenvalue weighted by Gasteiger charge is -2.31. The van der Waals surface area contributed by atoms with Crippen LogP contribution in [0.5, 0.6) is 0 Å². The first-order chi connectivity index (χ1) is 8.99. The van der Waals surface area contributed by atoms with Crippen LogP contribution in [-0.4, -0.2) is 55.8 Å². The summed E-state index contributed by atoms with van der Waals surface area (Å²) in [5, 5.41) is 0. The Morgan fingerprint density at radius 2 is 2.37 bits per heavy atom. The van der Waals surface area contributed by atoms with Gasteiger partial charge in [0.05, 0.1) is 19.3 Å². The molecule has 104 valence electrons. The molecule has 1 atom stereocenters. The molecule has 2 heterocycles. The maximum Gasteiger partial charge on any atom is 0.248 e. The third-order valence-corrected chi connectivity index (χ3v) is 2.80. The van der Waals surface area contributed by atoms with Crippen molar-refractivity contribution in [2.45, 2.75) is 6.10 Å². The number of amides is 1. The molecule has 2 rings (SSSR count). The highest BCUT2D eigenvalue weighted by Crippen LogP contribution is 2.19. The molecule has 1 fully saturated rings. The van der Waals surface area contributed by atoms with Crippen molar-refractivity contribution in [1.29, 1.82) is 0 Å². The minimum absolute atomic E-state index is 0.201. The predicted octanol–water partition coefficient (Wildman–Crippen LogP) is -0.628. The van der Waals surface area contributed by atoms with Crippen molar-refractivity contribution in [3.63, 3.8) is 0 Å². The fourth-order valence-electron chi connectivity index (χ4n) is 1.82. The monoisotopic (exact) mass is 269 g/mol. The van der Waals surface area contributed by atoms with E-state index in [2.05, 4.69) is 9.97 Å². The molecule has 1 unspecified atom stereocenters. The van der Waals surface area contributed by atoms with Crippen LogP contribution in [0.1, 0.15) is 0 Å². The summed E-state index contributed by atoms with van der Waals surface area (Å²) < 4.78 is 18.7. The minimum atomic E-state index is -0.690. The number of anilines is 2. The molecule has 2 N–H and O–H groups in total. The molecule has 0 aromatic carbocycles. The number of rotatable bonds is 3. The summed E-state index contributed by atoms with van der Waals surface area (Å²) in [6.07, 6.45) is 0.428. The molecular formula is C11H16FN5O2. The summed E-state index contributed by atoms with van der Waals surface area (Å²) >= 11 is 0. The van der Waals surface area contributed by atoms with E-state index in [1.54, 1.807) is 23.9 Å². The SMILES string of the molecule is CN(C)c1nc(N2CCOC(C(N)=O)C2)ncc1F. The Hall–Kier alpha value is -1.96. The van der Waals surface area contributed by atoms with E-state index in [9.17, 15) is 9.18 Å². The average molecular weight is 269 g/mol. The highest BCUT2D eigenvalue weighted by atomic mass is 19.1. The van der Waals surface area contributed by atoms with Crippen molar-refractivity contribution in [2.24, 2.45) is 5.73 Å². The number of hydrogen-bond acceptors (Lipinski definition) is 6. The molecule has 0 spiro atoms. The number of morpholine rings is 1. The zero-order chi connectivity index (χ0) is 14.0. The van der Waals surface area contributed by atoms with Crippen molar-refractivity contribution < 1.29 is 13.9 Å². The highest BCUT2D eigenvalue weighted by Gasteiger charge is 2.26. The normalized spacial score (nSPS) is 19.3. The number of carbonyl (C=O) groups excluding carboxylic acids is 1. The number of aromatic nitrogens is 2. The zero-order valence-electron chi connectivity index (χ0n) is 10.8. The van der Waals surface area contributed by atoms with E-state index in [4.69, 9.17) is 10.5 Å². The van der Waals surface area contributed by atoms with Crippen LogP contribution < -0.4 is 15.5 Å². The molecular weight excluding hydrogens is 253 g/mol. The van der Waals surface area contributed by atoms with E-state index < -0.39 is 17.8 Å². The van der Waals surface area contributed by atoms with Gasteiger partial charge in [0.15, 0.2) is 17.7 Å². The average Bonchev–Trinajstić information content (AvgIpc) is 2.39. The Labute approximate surface area is 110 Å². The Bertz CT molecular complexity index is 482. The number of carbonyl (C=O) groups is 1. The summed E-state index contributed by atoms with van der Waals surface area (Å²) in [5.41, 5.74) is 5.21. The number of primary amides is 1. The van der Waals surface area contributed by atoms with E-state index in [0.29, 0.717) is 19.1 Å². The summed E-state index contributed by atoms with van der Waals surface area (Å²) in [5.74, 6) is -0.458. The molecule has 0 bridgehead atoms. The van der Waals surface area contributed by atoms with Crippen LogP contribution in [0, 0.1) is 5.82 Å². The van der Waals surface area contributed by atoms with Crippen molar-refractivity contribution in [3.05, 3.63) is 12.0 Å². The van der Waals surface area contributed by atoms with Crippen LogP contribution in [0.2, 0.25) is 0 Å². The first-order valence-corrected chi connectivity index (χ1v) is 5.84. The molecule has 7 nitrogen and oxygen atoms in total. The maximum atomic E-state index is 13.5. The molecule has 19 heavy (non-hydrogen) atoms. The van der Waals surface area contributed by atoms with Gasteiger partial charge in [-0.2, -0.15) is 4.98 Å². The molecule has 0 saturated carbocycles. The first kappa shape index (κ1) is 13.5. The van der Waals surface area contributed by atoms with Crippen LogP contribution in [-0.2, 0) is 9.53 Å². The lowest BCUT2D eigenvalue weighted by Crippen LogP contribution is -2.49. The molecule has 1 amide bonds. The van der Waals surface area contributed by atoms with Gasteiger partial charge in [0.25, 0.3) is 0 Å². The van der Waals surface area contributed by atoms with Crippen LogP contribution in [0.3, 0.4) is 0 Å². The Morgan fingerprint density at radius 3 is 3.00 bits per heavy atom. The van der Waals surface area contributed by atoms with Gasteiger partial charge in [0, 0.05) is 20.6 Å². The Morgan fingerprint density at radius 1 is 1.63 bits per heavy atom. The summed E-state index contributed by atoms with van der Waals surface area (Å²) in [6, 6.07) is 0. The number of nitrogens with zero attached hydrogens (tertiary/aromatic N) is 4. The second-order valence-electron chi connectivity index (χ2n) is 4.44. The quantitative estimate of drug-likeness (QED) is 0.786. The molecule has 0 radical (unpaired) electrons. The zero-order valence-corrected chi connectivity index (χ0v) is 10.8. The molecule has 8 heteroatoms. The van der Waals surface area contributed by atoms with Crippen molar-refractivity contribution in [1.82, 2.24) is 9.97 Å². The lowest BCUT2D eigenvalue weighted by molar-refractivity contribution is -0.130. The Balaban J connectivity index is 2.22. The fraction of sp³-hybridized carbons (Fsp3) is 0.545. The van der Waals surface area contributed by atoms with Crippen LogP contribution in [0.25, 0.3) is 0 Å². The van der Waals surface area contributed by atoms with Gasteiger partial charge in [-0.3, -0.25) is 4.79 Å². The van der Waals surface area contributed by atoms with E-state index >= 15 is 0 Å². The van der Waals surface area contributed by atoms with Gasteiger partial charge in [0.1, 0.15) is 0 Å². The van der Waals surface area contributed by atoms with Gasteiger partial charge in [-0.1, -0.05) is 0 Å². The van der Waals surface area contributed by atoms with Gasteiger partial charge < -0.3 is 20.3 Å². The third-order valence-electron chi connectivity index (χ3n) is 2.80. The van der Waals surface area contributed by atoms with Crippen molar-refractivity contribution in [2.75, 3.05) is 43.6 Å². The maximum absolute atomic E-state index is 13.5. The summed E-state index contributed by atoms with van der Waals surface area (Å²) in [4.78, 5) is 22.5. The van der Waals surface area contributed by atoms with Crippen molar-refractivity contribution >= 4 is 17.7 Å². The number of ether oxygens (including phenoxy) is 1. The van der Waals surface area contributed by atoms with Crippen LogP contribution in [0.15, 0.2) is 6.20 Å². The molecule has 1 aromatic rings. The minimum Gasteiger partial charge on any atom is -0.367 e. The molecule has 1 aromatic heterocycles. The number of hydrogen-bond donors (Lipinski definition) is 1. The van der Waals surface area contributed by atoms with E-state index in [0.717, 1.165) is 6.20 Å². The van der Waals surface area contributed by atoms with E-state index in [-0.39, 0.29) is 12.4 Å². The van der Waals surface area contributed by atoms with Gasteiger partial charge in [0.2, 0.25) is 11.9 Å². The van der Waals surface area contributed by atoms with E-state index in [1.165, 1.54) is 0 Å². The molecule has 1 aliphatic heterocycles. The van der Waals surface area contributed by atoms with Gasteiger partial charge in [-0.05, 0) is 0 Å². The number of nitrogens with two attached hydrogens (primary N) is 1. The third kappa shape index (κ3) is 2.90. The smallest absolute Gasteiger partial charge is 0.248 e. The van der Waals surface area contributed by atoms with Gasteiger partial charge >= 0.3 is 0 Å². The fourth-order valence-corrected chi connectivity index (χ4v) is 1.82. The lowest BCUT2D eigenvalue weighted by atomic mass is 10.2. The van der Waals surface area contributed by atoms with Crippen LogP contribution in [0.4, 0.5) is 16.2 Å².